The molecule has 1 aliphatic rings. The van der Waals surface area contributed by atoms with Crippen LogP contribution in [0.4, 0.5) is 0 Å². The van der Waals surface area contributed by atoms with Gasteiger partial charge in [-0.3, -0.25) is 9.59 Å². The molecule has 0 saturated carbocycles. The van der Waals surface area contributed by atoms with Crippen LogP contribution in [0.25, 0.3) is 0 Å². The van der Waals surface area contributed by atoms with E-state index in [1.165, 1.54) is 0 Å². The third kappa shape index (κ3) is 5.90. The number of likely N-dealkylation sites (tertiary alicyclic amines) is 1. The number of hydrogen-bond acceptors (Lipinski definition) is 4. The Morgan fingerprint density at radius 2 is 1.92 bits per heavy atom. The van der Waals surface area contributed by atoms with Crippen molar-refractivity contribution < 1.29 is 19.1 Å². The van der Waals surface area contributed by atoms with Crippen molar-refractivity contribution in [1.82, 2.24) is 4.90 Å². The van der Waals surface area contributed by atoms with Crippen LogP contribution in [-0.2, 0) is 14.3 Å². The highest BCUT2D eigenvalue weighted by Gasteiger charge is 2.29. The van der Waals surface area contributed by atoms with Crippen molar-refractivity contribution in [2.75, 3.05) is 13.2 Å². The van der Waals surface area contributed by atoms with Gasteiger partial charge >= 0.3 is 5.97 Å². The summed E-state index contributed by atoms with van der Waals surface area (Å²) in [5.74, 6) is 0.282. The van der Waals surface area contributed by atoms with Crippen molar-refractivity contribution in [2.45, 2.75) is 65.0 Å². The largest absolute Gasteiger partial charge is 0.493 e. The second-order valence-corrected chi connectivity index (χ2v) is 7.39. The van der Waals surface area contributed by atoms with Gasteiger partial charge in [0, 0.05) is 23.5 Å². The maximum absolute atomic E-state index is 12.3. The molecule has 1 saturated heterocycles. The number of hydrogen-bond donors (Lipinski definition) is 0. The number of carbonyl (C=O) groups is 2. The topological polar surface area (TPSA) is 55.8 Å². The molecule has 0 spiro atoms. The minimum Gasteiger partial charge on any atom is -0.493 e. The third-order valence-electron chi connectivity index (χ3n) is 4.76. The molecule has 5 nitrogen and oxygen atoms in total. The van der Waals surface area contributed by atoms with E-state index in [1.54, 1.807) is 6.07 Å². The van der Waals surface area contributed by atoms with E-state index >= 15 is 0 Å². The Balaban J connectivity index is 1.66. The molecular weight excluding hydrogens is 354 g/mol. The van der Waals surface area contributed by atoms with Gasteiger partial charge in [0.05, 0.1) is 6.61 Å². The average molecular weight is 382 g/mol. The number of benzene rings is 1. The van der Waals surface area contributed by atoms with E-state index < -0.39 is 0 Å². The smallest absolute Gasteiger partial charge is 0.306 e. The lowest BCUT2D eigenvalue weighted by molar-refractivity contribution is -0.155. The maximum Gasteiger partial charge on any atom is 0.306 e. The van der Waals surface area contributed by atoms with Crippen molar-refractivity contribution in [1.29, 1.82) is 0 Å². The van der Waals surface area contributed by atoms with E-state index in [1.807, 2.05) is 37.8 Å². The summed E-state index contributed by atoms with van der Waals surface area (Å²) in [6.45, 7) is 6.25. The molecule has 0 radical (unpaired) electrons. The number of nitrogens with zero attached hydrogens (tertiary/aromatic N) is 1. The third-order valence-corrected chi connectivity index (χ3v) is 4.99. The fourth-order valence-electron chi connectivity index (χ4n) is 3.38. The Hall–Kier alpha value is -1.75. The zero-order chi connectivity index (χ0) is 19.1. The first-order valence-corrected chi connectivity index (χ1v) is 9.62. The molecule has 144 valence electrons. The van der Waals surface area contributed by atoms with E-state index in [9.17, 15) is 9.59 Å². The Labute approximate surface area is 160 Å². The van der Waals surface area contributed by atoms with E-state index in [0.29, 0.717) is 18.1 Å². The van der Waals surface area contributed by atoms with E-state index in [-0.39, 0.29) is 37.0 Å². The summed E-state index contributed by atoms with van der Waals surface area (Å²) in [5.41, 5.74) is 0.954. The molecule has 1 fully saturated rings. The summed E-state index contributed by atoms with van der Waals surface area (Å²) in [6.07, 6.45) is 3.91. The van der Waals surface area contributed by atoms with Gasteiger partial charge in [0.15, 0.2) is 6.61 Å². The number of piperidine rings is 1. The molecule has 0 N–H and O–H groups in total. The van der Waals surface area contributed by atoms with E-state index in [0.717, 1.165) is 30.6 Å². The van der Waals surface area contributed by atoms with Gasteiger partial charge in [-0.15, -0.1) is 0 Å². The van der Waals surface area contributed by atoms with Crippen molar-refractivity contribution in [2.24, 2.45) is 0 Å². The second kappa shape index (κ2) is 9.81. The summed E-state index contributed by atoms with van der Waals surface area (Å²) < 4.78 is 10.8. The number of aryl methyl sites for hydroxylation is 1. The summed E-state index contributed by atoms with van der Waals surface area (Å²) in [7, 11) is 0. The Kier molecular flexibility index (Phi) is 7.76. The molecular formula is C20H28ClNO4. The highest BCUT2D eigenvalue weighted by molar-refractivity contribution is 6.30. The zero-order valence-electron chi connectivity index (χ0n) is 15.8. The minimum atomic E-state index is -0.368. The van der Waals surface area contributed by atoms with Gasteiger partial charge in [-0.25, -0.2) is 0 Å². The van der Waals surface area contributed by atoms with Crippen molar-refractivity contribution >= 4 is 23.5 Å². The van der Waals surface area contributed by atoms with Crippen LogP contribution in [0, 0.1) is 6.92 Å². The van der Waals surface area contributed by atoms with Gasteiger partial charge in [0.2, 0.25) is 0 Å². The van der Waals surface area contributed by atoms with E-state index in [2.05, 4.69) is 0 Å². The summed E-state index contributed by atoms with van der Waals surface area (Å²) >= 11 is 5.91. The molecule has 0 aromatic heterocycles. The first-order valence-electron chi connectivity index (χ1n) is 9.24. The SMILES string of the molecule is Cc1cc(Cl)ccc1OCCCC(=O)OCC(=O)N1C(C)CCCC1C. The van der Waals surface area contributed by atoms with Crippen molar-refractivity contribution in [3.05, 3.63) is 28.8 Å². The molecule has 0 bridgehead atoms. The molecule has 1 aliphatic heterocycles. The Morgan fingerprint density at radius 3 is 2.58 bits per heavy atom. The standard InChI is InChI=1S/C20H28ClNO4/c1-14-12-17(21)9-10-18(14)25-11-5-8-20(24)26-13-19(23)22-15(2)6-4-7-16(22)3/h9-10,12,15-16H,4-8,11,13H2,1-3H3. The molecule has 2 rings (SSSR count). The predicted octanol–water partition coefficient (Wildman–Crippen LogP) is 4.14. The number of esters is 1. The zero-order valence-corrected chi connectivity index (χ0v) is 16.6. The van der Waals surface area contributed by atoms with Crippen molar-refractivity contribution in [3.63, 3.8) is 0 Å². The van der Waals surface area contributed by atoms with Gasteiger partial charge in [-0.2, -0.15) is 0 Å². The fraction of sp³-hybridized carbons (Fsp3) is 0.600. The molecule has 1 amide bonds. The average Bonchev–Trinajstić information content (AvgIpc) is 2.58. The van der Waals surface area contributed by atoms with Crippen LogP contribution >= 0.6 is 11.6 Å². The molecule has 2 unspecified atom stereocenters. The number of amides is 1. The van der Waals surface area contributed by atoms with Gasteiger partial charge < -0.3 is 14.4 Å². The van der Waals surface area contributed by atoms with Crippen LogP contribution in [0.2, 0.25) is 5.02 Å². The number of halogens is 1. The molecule has 26 heavy (non-hydrogen) atoms. The lowest BCUT2D eigenvalue weighted by Crippen LogP contribution is -2.49. The van der Waals surface area contributed by atoms with Crippen LogP contribution in [0.1, 0.15) is 51.5 Å². The molecule has 1 heterocycles. The maximum atomic E-state index is 12.3. The first-order chi connectivity index (χ1) is 12.4. The van der Waals surface area contributed by atoms with E-state index in [4.69, 9.17) is 21.1 Å². The second-order valence-electron chi connectivity index (χ2n) is 6.95. The molecule has 2 atom stereocenters. The normalized spacial score (nSPS) is 19.9. The van der Waals surface area contributed by atoms with Crippen LogP contribution in [0.5, 0.6) is 5.75 Å². The predicted molar refractivity (Wildman–Crippen MR) is 101 cm³/mol. The summed E-state index contributed by atoms with van der Waals surface area (Å²) in [4.78, 5) is 26.0. The minimum absolute atomic E-state index is 0.105. The highest BCUT2D eigenvalue weighted by Crippen LogP contribution is 2.23. The van der Waals surface area contributed by atoms with Gasteiger partial charge in [0.25, 0.3) is 5.91 Å². The number of carbonyl (C=O) groups excluding carboxylic acids is 2. The summed E-state index contributed by atoms with van der Waals surface area (Å²) in [6, 6.07) is 5.84. The Morgan fingerprint density at radius 1 is 1.23 bits per heavy atom. The van der Waals surface area contributed by atoms with Gasteiger partial charge in [-0.05, 0) is 70.2 Å². The molecule has 1 aromatic rings. The van der Waals surface area contributed by atoms with Gasteiger partial charge in [0.1, 0.15) is 5.75 Å². The van der Waals surface area contributed by atoms with Gasteiger partial charge in [-0.1, -0.05) is 11.6 Å². The van der Waals surface area contributed by atoms with Crippen LogP contribution in [0.3, 0.4) is 0 Å². The van der Waals surface area contributed by atoms with Crippen LogP contribution in [-0.4, -0.2) is 42.1 Å². The summed E-state index contributed by atoms with van der Waals surface area (Å²) in [5, 5.41) is 0.667. The number of rotatable bonds is 7. The lowest BCUT2D eigenvalue weighted by Gasteiger charge is -2.38. The molecule has 6 heteroatoms. The van der Waals surface area contributed by atoms with Crippen LogP contribution in [0.15, 0.2) is 18.2 Å². The van der Waals surface area contributed by atoms with Crippen molar-refractivity contribution in [3.8, 4) is 5.75 Å². The highest BCUT2D eigenvalue weighted by atomic mass is 35.5. The fourth-order valence-corrected chi connectivity index (χ4v) is 3.60. The lowest BCUT2D eigenvalue weighted by atomic mass is 9.97. The monoisotopic (exact) mass is 381 g/mol. The molecule has 0 aliphatic carbocycles. The quantitative estimate of drug-likeness (QED) is 0.526. The Bertz CT molecular complexity index is 624. The number of ether oxygens (including phenoxy) is 2. The first kappa shape index (κ1) is 20.6. The molecule has 1 aromatic carbocycles. The van der Waals surface area contributed by atoms with Crippen LogP contribution < -0.4 is 4.74 Å².